The Labute approximate surface area is 99.4 Å². The van der Waals surface area contributed by atoms with Gasteiger partial charge in [0.25, 0.3) is 0 Å². The van der Waals surface area contributed by atoms with Crippen LogP contribution in [0.5, 0.6) is 0 Å². The lowest BCUT2D eigenvalue weighted by Crippen LogP contribution is -2.00. The minimum atomic E-state index is -0.843. The summed E-state index contributed by atoms with van der Waals surface area (Å²) in [6.07, 6.45) is 3.92. The van der Waals surface area contributed by atoms with Gasteiger partial charge < -0.3 is 4.57 Å². The van der Waals surface area contributed by atoms with Gasteiger partial charge in [-0.25, -0.2) is 13.8 Å². The molecule has 0 radical (unpaired) electrons. The van der Waals surface area contributed by atoms with E-state index in [0.29, 0.717) is 11.4 Å². The zero-order chi connectivity index (χ0) is 11.3. The Bertz CT molecular complexity index is 561. The van der Waals surface area contributed by atoms with Gasteiger partial charge in [-0.05, 0) is 40.8 Å². The van der Waals surface area contributed by atoms with Gasteiger partial charge in [0.05, 0.1) is 16.3 Å². The maximum atomic E-state index is 13.8. The molecule has 0 amide bonds. The molecule has 3 rings (SSSR count). The van der Waals surface area contributed by atoms with Crippen molar-refractivity contribution in [2.45, 2.75) is 19.4 Å². The third-order valence-corrected chi connectivity index (χ3v) is 3.47. The lowest BCUT2D eigenvalue weighted by molar-refractivity contribution is 0.505. The van der Waals surface area contributed by atoms with Crippen LogP contribution >= 0.6 is 15.9 Å². The second kappa shape index (κ2) is 3.52. The van der Waals surface area contributed by atoms with Crippen LogP contribution in [0.15, 0.2) is 16.9 Å². The maximum Gasteiger partial charge on any atom is 0.185 e. The van der Waals surface area contributed by atoms with Crippen LogP contribution in [0.2, 0.25) is 0 Å². The Hall–Kier alpha value is -0.970. The van der Waals surface area contributed by atoms with Crippen molar-refractivity contribution in [2.24, 2.45) is 5.92 Å². The quantitative estimate of drug-likeness (QED) is 0.773. The van der Waals surface area contributed by atoms with E-state index < -0.39 is 11.6 Å². The minimum Gasteiger partial charge on any atom is -0.328 e. The lowest BCUT2D eigenvalue weighted by atomic mass is 10.3. The number of nitrogens with zero attached hydrogens (tertiary/aromatic N) is 2. The molecule has 1 fully saturated rings. The molecule has 2 aromatic rings. The molecule has 0 bridgehead atoms. The summed E-state index contributed by atoms with van der Waals surface area (Å²) in [7, 11) is 0. The largest absolute Gasteiger partial charge is 0.328 e. The molecule has 0 N–H and O–H groups in total. The van der Waals surface area contributed by atoms with E-state index in [4.69, 9.17) is 0 Å². The summed E-state index contributed by atoms with van der Waals surface area (Å²) in [5.74, 6) is -1.06. The summed E-state index contributed by atoms with van der Waals surface area (Å²) in [6, 6.07) is 1.51. The van der Waals surface area contributed by atoms with Crippen LogP contribution in [-0.4, -0.2) is 9.55 Å². The fraction of sp³-hybridized carbons (Fsp3) is 0.364. The Morgan fingerprint density at radius 2 is 2.12 bits per heavy atom. The first-order valence-electron chi connectivity index (χ1n) is 5.15. The maximum absolute atomic E-state index is 13.8. The van der Waals surface area contributed by atoms with Crippen molar-refractivity contribution in [1.29, 1.82) is 0 Å². The fourth-order valence-corrected chi connectivity index (χ4v) is 2.24. The molecule has 1 aliphatic rings. The minimum absolute atomic E-state index is 0.120. The van der Waals surface area contributed by atoms with Crippen molar-refractivity contribution in [1.82, 2.24) is 9.55 Å². The number of fused-ring (bicyclic) bond motifs is 1. The first-order valence-corrected chi connectivity index (χ1v) is 5.94. The fourth-order valence-electron chi connectivity index (χ4n) is 1.85. The normalized spacial score (nSPS) is 15.9. The summed E-state index contributed by atoms with van der Waals surface area (Å²) < 4.78 is 29.0. The standard InChI is InChI=1S/C11H9BrF2N2/c12-7-3-8-11(10(14)9(7)13)16(5-15-8)4-6-1-2-6/h3,5-6H,1-2,4H2. The predicted octanol–water partition coefficient (Wildman–Crippen LogP) is 3.49. The monoisotopic (exact) mass is 286 g/mol. The second-order valence-corrected chi connectivity index (χ2v) is 5.05. The zero-order valence-electron chi connectivity index (χ0n) is 8.38. The average molecular weight is 287 g/mol. The van der Waals surface area contributed by atoms with E-state index in [1.165, 1.54) is 18.9 Å². The molecule has 84 valence electrons. The Morgan fingerprint density at radius 3 is 2.81 bits per heavy atom. The molecule has 0 atom stereocenters. The second-order valence-electron chi connectivity index (χ2n) is 4.19. The SMILES string of the molecule is Fc1c(Br)cc2ncn(CC3CC3)c2c1F. The van der Waals surface area contributed by atoms with Crippen LogP contribution in [0.4, 0.5) is 8.78 Å². The van der Waals surface area contributed by atoms with Crippen molar-refractivity contribution in [2.75, 3.05) is 0 Å². The van der Waals surface area contributed by atoms with Gasteiger partial charge in [0.2, 0.25) is 0 Å². The molecular weight excluding hydrogens is 278 g/mol. The number of hydrogen-bond donors (Lipinski definition) is 0. The predicted molar refractivity (Wildman–Crippen MR) is 60.1 cm³/mol. The van der Waals surface area contributed by atoms with Gasteiger partial charge in [-0.3, -0.25) is 0 Å². The molecule has 0 unspecified atom stereocenters. The van der Waals surface area contributed by atoms with Crippen LogP contribution < -0.4 is 0 Å². The molecule has 5 heteroatoms. The van der Waals surface area contributed by atoms with Crippen molar-refractivity contribution in [3.05, 3.63) is 28.5 Å². The van der Waals surface area contributed by atoms with Gasteiger partial charge in [0, 0.05) is 6.54 Å². The molecule has 16 heavy (non-hydrogen) atoms. The van der Waals surface area contributed by atoms with Gasteiger partial charge in [-0.1, -0.05) is 0 Å². The third kappa shape index (κ3) is 1.54. The van der Waals surface area contributed by atoms with E-state index in [2.05, 4.69) is 20.9 Å². The summed E-state index contributed by atoms with van der Waals surface area (Å²) in [5, 5.41) is 0. The first-order chi connectivity index (χ1) is 7.66. The summed E-state index contributed by atoms with van der Waals surface area (Å²) in [5.41, 5.74) is 0.763. The first kappa shape index (κ1) is 10.2. The summed E-state index contributed by atoms with van der Waals surface area (Å²) in [6.45, 7) is 0.731. The Kier molecular flexibility index (Phi) is 2.24. The number of imidazole rings is 1. The molecule has 1 saturated carbocycles. The average Bonchev–Trinajstić information content (AvgIpc) is 2.97. The lowest BCUT2D eigenvalue weighted by Gasteiger charge is -2.04. The van der Waals surface area contributed by atoms with Crippen molar-refractivity contribution >= 4 is 27.0 Å². The molecule has 0 saturated heterocycles. The zero-order valence-corrected chi connectivity index (χ0v) is 9.97. The highest BCUT2D eigenvalue weighted by Gasteiger charge is 2.24. The van der Waals surface area contributed by atoms with Gasteiger partial charge >= 0.3 is 0 Å². The summed E-state index contributed by atoms with van der Waals surface area (Å²) in [4.78, 5) is 4.09. The van der Waals surface area contributed by atoms with Crippen LogP contribution in [0, 0.1) is 17.6 Å². The van der Waals surface area contributed by atoms with Crippen molar-refractivity contribution in [3.8, 4) is 0 Å². The van der Waals surface area contributed by atoms with Gasteiger partial charge in [0.1, 0.15) is 5.52 Å². The van der Waals surface area contributed by atoms with E-state index in [1.54, 1.807) is 10.9 Å². The highest BCUT2D eigenvalue weighted by Crippen LogP contribution is 2.33. The van der Waals surface area contributed by atoms with E-state index in [-0.39, 0.29) is 9.99 Å². The Morgan fingerprint density at radius 1 is 1.38 bits per heavy atom. The van der Waals surface area contributed by atoms with Crippen molar-refractivity contribution < 1.29 is 8.78 Å². The molecule has 2 nitrogen and oxygen atoms in total. The van der Waals surface area contributed by atoms with E-state index in [1.807, 2.05) is 0 Å². The van der Waals surface area contributed by atoms with Crippen LogP contribution in [0.3, 0.4) is 0 Å². The third-order valence-electron chi connectivity index (χ3n) is 2.89. The van der Waals surface area contributed by atoms with Crippen LogP contribution in [0.1, 0.15) is 12.8 Å². The van der Waals surface area contributed by atoms with Gasteiger partial charge in [-0.15, -0.1) is 0 Å². The molecule has 0 aliphatic heterocycles. The number of rotatable bonds is 2. The highest BCUT2D eigenvalue weighted by molar-refractivity contribution is 9.10. The summed E-state index contributed by atoms with van der Waals surface area (Å²) >= 11 is 2.98. The molecule has 1 aromatic carbocycles. The van der Waals surface area contributed by atoms with E-state index >= 15 is 0 Å². The number of halogens is 3. The number of hydrogen-bond acceptors (Lipinski definition) is 1. The van der Waals surface area contributed by atoms with Gasteiger partial charge in [-0.2, -0.15) is 0 Å². The van der Waals surface area contributed by atoms with E-state index in [0.717, 1.165) is 6.54 Å². The smallest absolute Gasteiger partial charge is 0.185 e. The van der Waals surface area contributed by atoms with E-state index in [9.17, 15) is 8.78 Å². The molecule has 1 heterocycles. The van der Waals surface area contributed by atoms with Crippen LogP contribution in [0.25, 0.3) is 11.0 Å². The van der Waals surface area contributed by atoms with Crippen LogP contribution in [-0.2, 0) is 6.54 Å². The number of benzene rings is 1. The van der Waals surface area contributed by atoms with Crippen molar-refractivity contribution in [3.63, 3.8) is 0 Å². The molecule has 0 spiro atoms. The number of aromatic nitrogens is 2. The highest BCUT2D eigenvalue weighted by atomic mass is 79.9. The molecular formula is C11H9BrF2N2. The molecule has 1 aliphatic carbocycles. The Balaban J connectivity index is 2.19. The topological polar surface area (TPSA) is 17.8 Å². The van der Waals surface area contributed by atoms with Gasteiger partial charge in [0.15, 0.2) is 11.6 Å². The molecule has 1 aromatic heterocycles.